The van der Waals surface area contributed by atoms with Gasteiger partial charge in [-0.05, 0) is 82.0 Å². The Labute approximate surface area is 196 Å². The zero-order chi connectivity index (χ0) is 23.0. The van der Waals surface area contributed by atoms with Gasteiger partial charge in [-0.3, -0.25) is 4.68 Å². The largest absolute Gasteiger partial charge is 0.369 e. The number of nitrogens with zero attached hydrogens (tertiary/aromatic N) is 5. The van der Waals surface area contributed by atoms with Gasteiger partial charge in [-0.1, -0.05) is 0 Å². The van der Waals surface area contributed by atoms with E-state index in [1.807, 2.05) is 0 Å². The zero-order valence-electron chi connectivity index (χ0n) is 19.8. The van der Waals surface area contributed by atoms with Gasteiger partial charge in [0, 0.05) is 25.7 Å². The number of fused-ring (bicyclic) bond motifs is 1. The Balaban J connectivity index is 1.21. The van der Waals surface area contributed by atoms with Crippen LogP contribution in [0.3, 0.4) is 0 Å². The first kappa shape index (κ1) is 21.5. The molecule has 4 bridgehead atoms. The Hall–Kier alpha value is -2.00. The number of nitrogens with one attached hydrogen (secondary N) is 1. The first-order valence-corrected chi connectivity index (χ1v) is 13.7. The molecule has 0 aromatic carbocycles. The maximum Gasteiger partial charge on any atom is 0.247 e. The molecule has 1 N–H and O–H groups in total. The molecule has 3 heterocycles. The van der Waals surface area contributed by atoms with E-state index in [4.69, 9.17) is 0 Å². The van der Waals surface area contributed by atoms with Crippen molar-refractivity contribution in [3.8, 4) is 0 Å². The van der Waals surface area contributed by atoms with Gasteiger partial charge in [-0.25, -0.2) is 18.4 Å². The lowest BCUT2D eigenvalue weighted by atomic mass is 9.49. The summed E-state index contributed by atoms with van der Waals surface area (Å²) in [6, 6.07) is 0. The molecule has 0 unspecified atom stereocenters. The van der Waals surface area contributed by atoms with Crippen LogP contribution in [0, 0.1) is 37.0 Å². The molecule has 0 saturated heterocycles. The molecule has 2 aromatic heterocycles. The smallest absolute Gasteiger partial charge is 0.247 e. The van der Waals surface area contributed by atoms with Crippen molar-refractivity contribution in [3.63, 3.8) is 0 Å². The van der Waals surface area contributed by atoms with Gasteiger partial charge in [0.1, 0.15) is 17.0 Å². The maximum atomic E-state index is 13.4. The van der Waals surface area contributed by atoms with Gasteiger partial charge < -0.3 is 5.32 Å². The summed E-state index contributed by atoms with van der Waals surface area (Å²) in [6.07, 6.45) is 10.6. The lowest BCUT2D eigenvalue weighted by Crippen LogP contribution is -2.49. The number of hydrogen-bond acceptors (Lipinski definition) is 6. The van der Waals surface area contributed by atoms with E-state index in [0.717, 1.165) is 41.4 Å². The normalized spacial score (nSPS) is 31.1. The molecule has 1 aliphatic heterocycles. The van der Waals surface area contributed by atoms with Gasteiger partial charge in [-0.2, -0.15) is 9.40 Å². The summed E-state index contributed by atoms with van der Waals surface area (Å²) in [5.41, 5.74) is 3.52. The summed E-state index contributed by atoms with van der Waals surface area (Å²) in [4.78, 5) is 9.39. The average molecular weight is 471 g/mol. The molecule has 0 amide bonds. The van der Waals surface area contributed by atoms with Crippen LogP contribution in [0.1, 0.15) is 61.2 Å². The highest BCUT2D eigenvalue weighted by Crippen LogP contribution is 2.59. The second-order valence-corrected chi connectivity index (χ2v) is 13.0. The predicted octanol–water partition coefficient (Wildman–Crippen LogP) is 3.20. The van der Waals surface area contributed by atoms with E-state index in [1.165, 1.54) is 38.5 Å². The fourth-order valence-corrected chi connectivity index (χ4v) is 9.52. The van der Waals surface area contributed by atoms with Crippen molar-refractivity contribution in [1.29, 1.82) is 0 Å². The fraction of sp³-hybridized carbons (Fsp3) is 0.708. The average Bonchev–Trinajstić information content (AvgIpc) is 3.02. The van der Waals surface area contributed by atoms with E-state index in [9.17, 15) is 8.42 Å². The molecule has 9 heteroatoms. The Bertz CT molecular complexity index is 1170. The van der Waals surface area contributed by atoms with E-state index in [-0.39, 0.29) is 6.54 Å². The summed E-state index contributed by atoms with van der Waals surface area (Å²) in [7, 11) is -1.85. The van der Waals surface area contributed by atoms with E-state index >= 15 is 0 Å². The fourth-order valence-electron chi connectivity index (χ4n) is 7.72. The molecule has 5 aliphatic rings. The quantitative estimate of drug-likeness (QED) is 0.721. The molecule has 2 aromatic rings. The van der Waals surface area contributed by atoms with E-state index in [2.05, 4.69) is 20.4 Å². The first-order valence-electron chi connectivity index (χ1n) is 12.3. The third-order valence-electron chi connectivity index (χ3n) is 8.81. The molecule has 4 fully saturated rings. The summed E-state index contributed by atoms with van der Waals surface area (Å²) in [5.74, 6) is 3.68. The Kier molecular flexibility index (Phi) is 4.89. The lowest BCUT2D eigenvalue weighted by molar-refractivity contribution is -0.0444. The van der Waals surface area contributed by atoms with E-state index in [0.29, 0.717) is 34.7 Å². The summed E-state index contributed by atoms with van der Waals surface area (Å²) in [5, 5.41) is 8.01. The van der Waals surface area contributed by atoms with Crippen molar-refractivity contribution in [3.05, 3.63) is 29.0 Å². The van der Waals surface area contributed by atoms with Crippen molar-refractivity contribution in [2.24, 2.45) is 30.2 Å². The van der Waals surface area contributed by atoms with Crippen LogP contribution in [0.4, 0.5) is 5.82 Å². The minimum Gasteiger partial charge on any atom is -0.369 e. The SMILES string of the molecule is Cc1nn(C)c(C)c1S(=O)(=O)N1CCc2c(ncnc2NCC23CC4CC(CC(C4)C2)C3)C1. The summed E-state index contributed by atoms with van der Waals surface area (Å²) in [6.45, 7) is 5.25. The van der Waals surface area contributed by atoms with Crippen LogP contribution in [-0.4, -0.2) is 45.6 Å². The van der Waals surface area contributed by atoms with Gasteiger partial charge in [-0.15, -0.1) is 0 Å². The molecule has 0 atom stereocenters. The van der Waals surface area contributed by atoms with Crippen LogP contribution in [-0.2, 0) is 30.0 Å². The Morgan fingerprint density at radius 3 is 2.36 bits per heavy atom. The summed E-state index contributed by atoms with van der Waals surface area (Å²) >= 11 is 0. The molecular formula is C24H34N6O2S. The van der Waals surface area contributed by atoms with Gasteiger partial charge in [0.15, 0.2) is 0 Å². The lowest BCUT2D eigenvalue weighted by Gasteiger charge is -2.57. The Morgan fingerprint density at radius 1 is 1.09 bits per heavy atom. The van der Waals surface area contributed by atoms with Gasteiger partial charge in [0.25, 0.3) is 0 Å². The topological polar surface area (TPSA) is 93.0 Å². The second-order valence-electron chi connectivity index (χ2n) is 11.1. The second kappa shape index (κ2) is 7.50. The van der Waals surface area contributed by atoms with E-state index in [1.54, 1.807) is 36.2 Å². The third-order valence-corrected chi connectivity index (χ3v) is 10.9. The maximum absolute atomic E-state index is 13.4. The molecule has 0 spiro atoms. The summed E-state index contributed by atoms with van der Waals surface area (Å²) < 4.78 is 30.0. The number of rotatable bonds is 5. The number of aromatic nitrogens is 4. The highest BCUT2D eigenvalue weighted by molar-refractivity contribution is 7.89. The van der Waals surface area contributed by atoms with Crippen molar-refractivity contribution in [2.75, 3.05) is 18.4 Å². The molecule has 33 heavy (non-hydrogen) atoms. The monoisotopic (exact) mass is 470 g/mol. The van der Waals surface area contributed by atoms with Crippen molar-refractivity contribution in [2.45, 2.75) is 70.2 Å². The van der Waals surface area contributed by atoms with Crippen molar-refractivity contribution < 1.29 is 8.42 Å². The molecule has 178 valence electrons. The van der Waals surface area contributed by atoms with Crippen LogP contribution in [0.2, 0.25) is 0 Å². The zero-order valence-corrected chi connectivity index (χ0v) is 20.7. The van der Waals surface area contributed by atoms with Crippen molar-refractivity contribution in [1.82, 2.24) is 24.1 Å². The van der Waals surface area contributed by atoms with Gasteiger partial charge in [0.05, 0.1) is 23.6 Å². The van der Waals surface area contributed by atoms with Crippen LogP contribution < -0.4 is 5.32 Å². The molecule has 7 rings (SSSR count). The van der Waals surface area contributed by atoms with Crippen LogP contribution in [0.5, 0.6) is 0 Å². The van der Waals surface area contributed by atoms with Crippen LogP contribution in [0.25, 0.3) is 0 Å². The Morgan fingerprint density at radius 2 is 1.76 bits per heavy atom. The van der Waals surface area contributed by atoms with Crippen molar-refractivity contribution >= 4 is 15.8 Å². The third kappa shape index (κ3) is 3.50. The predicted molar refractivity (Wildman–Crippen MR) is 125 cm³/mol. The number of hydrogen-bond donors (Lipinski definition) is 1. The minimum absolute atomic E-state index is 0.278. The molecule has 8 nitrogen and oxygen atoms in total. The number of aryl methyl sites for hydroxylation is 2. The van der Waals surface area contributed by atoms with Crippen LogP contribution >= 0.6 is 0 Å². The highest BCUT2D eigenvalue weighted by atomic mass is 32.2. The molecular weight excluding hydrogens is 436 g/mol. The molecule has 4 saturated carbocycles. The van der Waals surface area contributed by atoms with Crippen LogP contribution in [0.15, 0.2) is 11.2 Å². The van der Waals surface area contributed by atoms with E-state index < -0.39 is 10.0 Å². The number of anilines is 1. The minimum atomic E-state index is -3.63. The van der Waals surface area contributed by atoms with Gasteiger partial charge in [0.2, 0.25) is 10.0 Å². The standard InChI is InChI=1S/C24H34N6O2S/c1-15-22(16(2)29(3)28-15)33(31,32)30-5-4-20-21(12-30)26-14-27-23(20)25-13-24-9-17-6-18(10-24)8-19(7-17)11-24/h14,17-19H,4-13H2,1-3H3,(H,25,26,27). The first-order chi connectivity index (χ1) is 15.7. The highest BCUT2D eigenvalue weighted by Gasteiger charge is 2.50. The molecule has 4 aliphatic carbocycles. The van der Waals surface area contributed by atoms with Gasteiger partial charge >= 0.3 is 0 Å². The molecule has 0 radical (unpaired) electrons. The number of sulfonamides is 1.